The van der Waals surface area contributed by atoms with Crippen LogP contribution in [0.15, 0.2) is 83.4 Å². The molecule has 3 nitrogen and oxygen atoms in total. The predicted octanol–water partition coefficient (Wildman–Crippen LogP) is 5.96. The lowest BCUT2D eigenvalue weighted by atomic mass is 9.90. The van der Waals surface area contributed by atoms with Crippen LogP contribution in [0.5, 0.6) is 0 Å². The summed E-state index contributed by atoms with van der Waals surface area (Å²) in [6, 6.07) is 17.6. The number of hydrogen-bond acceptors (Lipinski definition) is 3. The van der Waals surface area contributed by atoms with E-state index in [4.69, 9.17) is 0 Å². The van der Waals surface area contributed by atoms with Gasteiger partial charge in [0.15, 0.2) is 0 Å². The molecule has 150 valence electrons. The first-order chi connectivity index (χ1) is 14.2. The molecule has 0 unspecified atom stereocenters. The average molecular weight is 386 g/mol. The van der Waals surface area contributed by atoms with Crippen LogP contribution < -0.4 is 10.2 Å². The number of allylic oxidation sites excluding steroid dienone is 5. The van der Waals surface area contributed by atoms with E-state index in [0.29, 0.717) is 0 Å². The largest absolute Gasteiger partial charge is 0.385 e. The van der Waals surface area contributed by atoms with Crippen LogP contribution in [-0.4, -0.2) is 32.4 Å². The smallest absolute Gasteiger partial charge is 0.0571 e. The molecular formula is C26H31N3. The monoisotopic (exact) mass is 385 g/mol. The van der Waals surface area contributed by atoms with Gasteiger partial charge in [0.25, 0.3) is 0 Å². The van der Waals surface area contributed by atoms with E-state index < -0.39 is 0 Å². The SMILES string of the molecule is CCNc1ccc(C(=C2C=CC(=NC)C=C2)c2ccc(N(CC)CC)cc2)cc1. The van der Waals surface area contributed by atoms with Gasteiger partial charge in [0.05, 0.1) is 5.71 Å². The topological polar surface area (TPSA) is 27.6 Å². The Labute approximate surface area is 175 Å². The van der Waals surface area contributed by atoms with E-state index >= 15 is 0 Å². The number of aliphatic imine (C=N–C) groups is 1. The zero-order valence-corrected chi connectivity index (χ0v) is 17.9. The summed E-state index contributed by atoms with van der Waals surface area (Å²) >= 11 is 0. The fraction of sp³-hybridized carbons (Fsp3) is 0.269. The standard InChI is InChI=1S/C26H31N3/c1-5-28-24-16-10-21(11-17-24)26(20-8-14-23(27-4)15-9-20)22-12-18-25(19-13-22)29(6-2)7-3/h8-19,28H,5-7H2,1-4H3. The first-order valence-corrected chi connectivity index (χ1v) is 10.5. The van der Waals surface area contributed by atoms with E-state index in [0.717, 1.165) is 31.0 Å². The molecule has 3 heteroatoms. The van der Waals surface area contributed by atoms with Crippen LogP contribution in [0.3, 0.4) is 0 Å². The van der Waals surface area contributed by atoms with Crippen molar-refractivity contribution in [1.29, 1.82) is 0 Å². The molecule has 1 aliphatic rings. The van der Waals surface area contributed by atoms with Gasteiger partial charge in [-0.2, -0.15) is 0 Å². The van der Waals surface area contributed by atoms with Crippen molar-refractivity contribution < 1.29 is 0 Å². The summed E-state index contributed by atoms with van der Waals surface area (Å²) in [5.74, 6) is 0. The van der Waals surface area contributed by atoms with E-state index in [9.17, 15) is 0 Å². The van der Waals surface area contributed by atoms with Gasteiger partial charge in [-0.1, -0.05) is 36.4 Å². The fourth-order valence-electron chi connectivity index (χ4n) is 3.66. The van der Waals surface area contributed by atoms with Gasteiger partial charge in [-0.05, 0) is 79.5 Å². The molecule has 0 radical (unpaired) electrons. The Morgan fingerprint density at radius 3 is 1.83 bits per heavy atom. The number of nitrogens with zero attached hydrogens (tertiary/aromatic N) is 2. The van der Waals surface area contributed by atoms with E-state index in [1.807, 2.05) is 7.05 Å². The molecule has 0 spiro atoms. The lowest BCUT2D eigenvalue weighted by Crippen LogP contribution is -2.21. The van der Waals surface area contributed by atoms with E-state index in [1.165, 1.54) is 28.0 Å². The highest BCUT2D eigenvalue weighted by molar-refractivity contribution is 6.07. The van der Waals surface area contributed by atoms with Crippen molar-refractivity contribution in [1.82, 2.24) is 0 Å². The van der Waals surface area contributed by atoms with Crippen molar-refractivity contribution in [2.45, 2.75) is 20.8 Å². The maximum atomic E-state index is 4.28. The number of rotatable bonds is 7. The maximum absolute atomic E-state index is 4.28. The van der Waals surface area contributed by atoms with Gasteiger partial charge in [0.1, 0.15) is 0 Å². The minimum absolute atomic E-state index is 0.921. The molecule has 0 saturated carbocycles. The van der Waals surface area contributed by atoms with Crippen molar-refractivity contribution in [2.24, 2.45) is 4.99 Å². The zero-order chi connectivity index (χ0) is 20.6. The normalized spacial score (nSPS) is 12.8. The molecule has 2 aromatic rings. The molecular weight excluding hydrogens is 354 g/mol. The van der Waals surface area contributed by atoms with Crippen LogP contribution in [0.4, 0.5) is 11.4 Å². The number of hydrogen-bond donors (Lipinski definition) is 1. The summed E-state index contributed by atoms with van der Waals surface area (Å²) in [4.78, 5) is 6.64. The lowest BCUT2D eigenvalue weighted by Gasteiger charge is -2.22. The van der Waals surface area contributed by atoms with Gasteiger partial charge in [-0.25, -0.2) is 0 Å². The summed E-state index contributed by atoms with van der Waals surface area (Å²) in [7, 11) is 1.82. The van der Waals surface area contributed by atoms with E-state index in [1.54, 1.807) is 0 Å². The molecule has 0 heterocycles. The Bertz CT molecular complexity index is 907. The molecule has 1 aliphatic carbocycles. The van der Waals surface area contributed by atoms with Crippen molar-refractivity contribution in [2.75, 3.05) is 36.9 Å². The number of nitrogens with one attached hydrogen (secondary N) is 1. The molecule has 0 aliphatic heterocycles. The molecule has 0 bridgehead atoms. The minimum atomic E-state index is 0.921. The Balaban J connectivity index is 2.05. The van der Waals surface area contributed by atoms with Crippen molar-refractivity contribution >= 4 is 22.7 Å². The number of benzene rings is 2. The molecule has 0 fully saturated rings. The predicted molar refractivity (Wildman–Crippen MR) is 128 cm³/mol. The summed E-state index contributed by atoms with van der Waals surface area (Å²) in [5.41, 5.74) is 8.27. The highest BCUT2D eigenvalue weighted by atomic mass is 15.1. The van der Waals surface area contributed by atoms with Gasteiger partial charge >= 0.3 is 0 Å². The first-order valence-electron chi connectivity index (χ1n) is 10.5. The fourth-order valence-corrected chi connectivity index (χ4v) is 3.66. The van der Waals surface area contributed by atoms with Crippen LogP contribution >= 0.6 is 0 Å². The lowest BCUT2D eigenvalue weighted by molar-refractivity contribution is 0.866. The molecule has 0 atom stereocenters. The van der Waals surface area contributed by atoms with Gasteiger partial charge in [0, 0.05) is 38.1 Å². The first kappa shape index (κ1) is 20.7. The highest BCUT2D eigenvalue weighted by Crippen LogP contribution is 2.31. The Hall–Kier alpha value is -3.07. The third-order valence-corrected chi connectivity index (χ3v) is 5.25. The van der Waals surface area contributed by atoms with Gasteiger partial charge < -0.3 is 10.2 Å². The van der Waals surface area contributed by atoms with E-state index in [-0.39, 0.29) is 0 Å². The third kappa shape index (κ3) is 4.86. The molecule has 1 N–H and O–H groups in total. The van der Waals surface area contributed by atoms with Crippen LogP contribution in [0.1, 0.15) is 31.9 Å². The summed E-state index contributed by atoms with van der Waals surface area (Å²) < 4.78 is 0. The van der Waals surface area contributed by atoms with Crippen molar-refractivity contribution in [3.8, 4) is 0 Å². The van der Waals surface area contributed by atoms with Crippen LogP contribution in [-0.2, 0) is 0 Å². The van der Waals surface area contributed by atoms with Crippen molar-refractivity contribution in [3.05, 3.63) is 89.5 Å². The van der Waals surface area contributed by atoms with Crippen LogP contribution in [0.2, 0.25) is 0 Å². The van der Waals surface area contributed by atoms with Gasteiger partial charge in [-0.15, -0.1) is 0 Å². The molecule has 0 aromatic heterocycles. The van der Waals surface area contributed by atoms with Crippen LogP contribution in [0, 0.1) is 0 Å². The van der Waals surface area contributed by atoms with Gasteiger partial charge in [0.2, 0.25) is 0 Å². The molecule has 29 heavy (non-hydrogen) atoms. The summed E-state index contributed by atoms with van der Waals surface area (Å²) in [6.45, 7) is 9.46. The average Bonchev–Trinajstić information content (AvgIpc) is 2.78. The second kappa shape index (κ2) is 9.92. The molecule has 3 rings (SSSR count). The summed E-state index contributed by atoms with van der Waals surface area (Å²) in [5, 5.41) is 3.37. The Morgan fingerprint density at radius 1 is 0.793 bits per heavy atom. The van der Waals surface area contributed by atoms with E-state index in [2.05, 4.69) is 109 Å². The second-order valence-electron chi connectivity index (χ2n) is 6.97. The van der Waals surface area contributed by atoms with Crippen molar-refractivity contribution in [3.63, 3.8) is 0 Å². The zero-order valence-electron chi connectivity index (χ0n) is 17.9. The second-order valence-corrected chi connectivity index (χ2v) is 6.97. The highest BCUT2D eigenvalue weighted by Gasteiger charge is 2.12. The number of anilines is 2. The third-order valence-electron chi connectivity index (χ3n) is 5.25. The minimum Gasteiger partial charge on any atom is -0.385 e. The molecule has 2 aromatic carbocycles. The Kier molecular flexibility index (Phi) is 7.07. The van der Waals surface area contributed by atoms with Gasteiger partial charge in [-0.3, -0.25) is 4.99 Å². The Morgan fingerprint density at radius 2 is 1.34 bits per heavy atom. The molecule has 0 saturated heterocycles. The molecule has 0 amide bonds. The summed E-state index contributed by atoms with van der Waals surface area (Å²) in [6.07, 6.45) is 8.47. The van der Waals surface area contributed by atoms with Crippen LogP contribution in [0.25, 0.3) is 5.57 Å². The maximum Gasteiger partial charge on any atom is 0.0571 e. The quantitative estimate of drug-likeness (QED) is 0.636.